The van der Waals surface area contributed by atoms with E-state index in [-0.39, 0.29) is 17.7 Å². The molecule has 0 aliphatic carbocycles. The molecule has 0 saturated carbocycles. The molecule has 0 saturated heterocycles. The molecule has 0 unspecified atom stereocenters. The van der Waals surface area contributed by atoms with Crippen LogP contribution in [0.15, 0.2) is 29.1 Å². The largest absolute Gasteiger partial charge is 0.285 e. The standard InChI is InChI=1S/C16H12ClN3OS/c1-9-10(2)19-20(16(21)12(9)7-18)8-14-15(17)11-5-3-4-6-13(11)22-14/h3-6H,8H2,1-2H3. The summed E-state index contributed by atoms with van der Waals surface area (Å²) in [6.07, 6.45) is 0. The van der Waals surface area contributed by atoms with Gasteiger partial charge in [0.15, 0.2) is 0 Å². The van der Waals surface area contributed by atoms with Gasteiger partial charge in [0.25, 0.3) is 5.56 Å². The Morgan fingerprint density at radius 2 is 2.09 bits per heavy atom. The quantitative estimate of drug-likeness (QED) is 0.721. The van der Waals surface area contributed by atoms with Crippen LogP contribution >= 0.6 is 22.9 Å². The van der Waals surface area contributed by atoms with Gasteiger partial charge in [-0.1, -0.05) is 29.8 Å². The zero-order chi connectivity index (χ0) is 15.9. The number of rotatable bonds is 2. The van der Waals surface area contributed by atoms with E-state index >= 15 is 0 Å². The molecule has 2 aromatic heterocycles. The lowest BCUT2D eigenvalue weighted by atomic mass is 10.1. The summed E-state index contributed by atoms with van der Waals surface area (Å²) in [4.78, 5) is 13.2. The lowest BCUT2D eigenvalue weighted by Gasteiger charge is -2.08. The summed E-state index contributed by atoms with van der Waals surface area (Å²) in [6.45, 7) is 3.80. The Morgan fingerprint density at radius 3 is 2.77 bits per heavy atom. The highest BCUT2D eigenvalue weighted by Crippen LogP contribution is 2.35. The van der Waals surface area contributed by atoms with Crippen molar-refractivity contribution in [1.29, 1.82) is 5.26 Å². The van der Waals surface area contributed by atoms with Crippen LogP contribution in [0.4, 0.5) is 0 Å². The number of fused-ring (bicyclic) bond motifs is 1. The second-order valence-corrected chi connectivity index (χ2v) is 6.51. The number of nitriles is 1. The molecule has 3 rings (SSSR count). The van der Waals surface area contributed by atoms with Gasteiger partial charge in [0.05, 0.1) is 17.3 Å². The molecule has 0 bridgehead atoms. The molecule has 2 heterocycles. The van der Waals surface area contributed by atoms with Gasteiger partial charge in [-0.2, -0.15) is 10.4 Å². The van der Waals surface area contributed by atoms with Crippen LogP contribution in [0.25, 0.3) is 10.1 Å². The van der Waals surface area contributed by atoms with E-state index < -0.39 is 0 Å². The van der Waals surface area contributed by atoms with Crippen molar-refractivity contribution in [2.45, 2.75) is 20.4 Å². The number of aryl methyl sites for hydroxylation is 1. The van der Waals surface area contributed by atoms with E-state index in [0.717, 1.165) is 15.0 Å². The van der Waals surface area contributed by atoms with E-state index in [4.69, 9.17) is 16.9 Å². The van der Waals surface area contributed by atoms with E-state index in [1.165, 1.54) is 16.0 Å². The Bertz CT molecular complexity index is 981. The Morgan fingerprint density at radius 1 is 1.36 bits per heavy atom. The molecule has 0 atom stereocenters. The maximum Gasteiger partial charge on any atom is 0.285 e. The fourth-order valence-electron chi connectivity index (χ4n) is 2.31. The average molecular weight is 330 g/mol. The molecule has 0 fully saturated rings. The smallest absolute Gasteiger partial charge is 0.266 e. The highest BCUT2D eigenvalue weighted by atomic mass is 35.5. The van der Waals surface area contributed by atoms with Crippen molar-refractivity contribution < 1.29 is 0 Å². The third-order valence-corrected chi connectivity index (χ3v) is 5.34. The van der Waals surface area contributed by atoms with Gasteiger partial charge in [-0.25, -0.2) is 4.68 Å². The number of hydrogen-bond donors (Lipinski definition) is 0. The first kappa shape index (κ1) is 14.8. The van der Waals surface area contributed by atoms with Gasteiger partial charge < -0.3 is 0 Å². The predicted octanol–water partition coefficient (Wildman–Crippen LogP) is 3.65. The normalized spacial score (nSPS) is 10.8. The first-order valence-electron chi connectivity index (χ1n) is 6.67. The zero-order valence-corrected chi connectivity index (χ0v) is 13.6. The molecule has 0 aliphatic rings. The number of thiophene rings is 1. The highest BCUT2D eigenvalue weighted by molar-refractivity contribution is 7.19. The van der Waals surface area contributed by atoms with E-state index in [2.05, 4.69) is 5.10 Å². The van der Waals surface area contributed by atoms with E-state index in [1.807, 2.05) is 30.3 Å². The van der Waals surface area contributed by atoms with Gasteiger partial charge in [0.1, 0.15) is 11.6 Å². The minimum Gasteiger partial charge on any atom is -0.266 e. The molecule has 6 heteroatoms. The van der Waals surface area contributed by atoms with E-state index in [1.54, 1.807) is 13.8 Å². The summed E-state index contributed by atoms with van der Waals surface area (Å²) in [5.41, 5.74) is 1.07. The van der Waals surface area contributed by atoms with Crippen molar-refractivity contribution in [3.05, 3.63) is 61.3 Å². The number of hydrogen-bond acceptors (Lipinski definition) is 4. The van der Waals surface area contributed by atoms with Crippen molar-refractivity contribution in [3.63, 3.8) is 0 Å². The van der Waals surface area contributed by atoms with Crippen LogP contribution in [0.1, 0.15) is 21.7 Å². The van der Waals surface area contributed by atoms with Crippen molar-refractivity contribution in [2.24, 2.45) is 0 Å². The summed E-state index contributed by atoms with van der Waals surface area (Å²) in [6, 6.07) is 9.80. The molecular weight excluding hydrogens is 318 g/mol. The van der Waals surface area contributed by atoms with Crippen molar-refractivity contribution >= 4 is 33.0 Å². The molecular formula is C16H12ClN3OS. The Hall–Kier alpha value is -2.16. The maximum absolute atomic E-state index is 12.3. The molecule has 0 N–H and O–H groups in total. The van der Waals surface area contributed by atoms with E-state index in [0.29, 0.717) is 16.3 Å². The van der Waals surface area contributed by atoms with Crippen molar-refractivity contribution in [2.75, 3.05) is 0 Å². The lowest BCUT2D eigenvalue weighted by Crippen LogP contribution is -2.27. The topological polar surface area (TPSA) is 58.7 Å². The molecule has 0 spiro atoms. The molecule has 1 aromatic carbocycles. The van der Waals surface area contributed by atoms with Crippen molar-refractivity contribution in [3.8, 4) is 6.07 Å². The number of nitrogens with zero attached hydrogens (tertiary/aromatic N) is 3. The first-order valence-corrected chi connectivity index (χ1v) is 7.86. The van der Waals surface area contributed by atoms with Crippen LogP contribution in [0.2, 0.25) is 5.02 Å². The van der Waals surface area contributed by atoms with Gasteiger partial charge in [-0.15, -0.1) is 11.3 Å². The molecule has 0 amide bonds. The molecule has 0 aliphatic heterocycles. The Kier molecular flexibility index (Phi) is 3.73. The van der Waals surface area contributed by atoms with Gasteiger partial charge >= 0.3 is 0 Å². The van der Waals surface area contributed by atoms with Gasteiger partial charge in [0, 0.05) is 15.0 Å². The number of halogens is 1. The second-order valence-electron chi connectivity index (χ2n) is 5.00. The summed E-state index contributed by atoms with van der Waals surface area (Å²) in [5, 5.41) is 15.1. The number of aromatic nitrogens is 2. The van der Waals surface area contributed by atoms with Crippen LogP contribution in [0.3, 0.4) is 0 Å². The van der Waals surface area contributed by atoms with Gasteiger partial charge in [0.2, 0.25) is 0 Å². The van der Waals surface area contributed by atoms with Crippen LogP contribution in [0.5, 0.6) is 0 Å². The fraction of sp³-hybridized carbons (Fsp3) is 0.188. The number of benzene rings is 1. The summed E-state index contributed by atoms with van der Waals surface area (Å²) in [5.74, 6) is 0. The molecule has 3 aromatic rings. The SMILES string of the molecule is Cc1nn(Cc2sc3ccccc3c2Cl)c(=O)c(C#N)c1C. The molecule has 110 valence electrons. The summed E-state index contributed by atoms with van der Waals surface area (Å²) >= 11 is 7.94. The lowest BCUT2D eigenvalue weighted by molar-refractivity contribution is 0.628. The molecule has 4 nitrogen and oxygen atoms in total. The average Bonchev–Trinajstić information content (AvgIpc) is 2.82. The second kappa shape index (κ2) is 5.56. The van der Waals surface area contributed by atoms with Crippen LogP contribution in [0, 0.1) is 25.2 Å². The van der Waals surface area contributed by atoms with E-state index in [9.17, 15) is 4.79 Å². The summed E-state index contributed by atoms with van der Waals surface area (Å²) in [7, 11) is 0. The summed E-state index contributed by atoms with van der Waals surface area (Å²) < 4.78 is 2.39. The fourth-order valence-corrected chi connectivity index (χ4v) is 3.79. The minimum absolute atomic E-state index is 0.143. The van der Waals surface area contributed by atoms with Crippen LogP contribution in [-0.2, 0) is 6.54 Å². The Labute approximate surface area is 136 Å². The molecule has 22 heavy (non-hydrogen) atoms. The predicted molar refractivity (Wildman–Crippen MR) is 88.6 cm³/mol. The Balaban J connectivity index is 2.14. The maximum atomic E-state index is 12.3. The first-order chi connectivity index (χ1) is 10.5. The highest BCUT2D eigenvalue weighted by Gasteiger charge is 2.15. The van der Waals surface area contributed by atoms with Crippen LogP contribution < -0.4 is 5.56 Å². The van der Waals surface area contributed by atoms with Gasteiger partial charge in [-0.3, -0.25) is 4.79 Å². The molecule has 0 radical (unpaired) electrons. The third-order valence-electron chi connectivity index (χ3n) is 3.64. The van der Waals surface area contributed by atoms with Gasteiger partial charge in [-0.05, 0) is 25.5 Å². The third kappa shape index (κ3) is 2.31. The van der Waals surface area contributed by atoms with Crippen LogP contribution in [-0.4, -0.2) is 9.78 Å². The monoisotopic (exact) mass is 329 g/mol. The van der Waals surface area contributed by atoms with Crippen molar-refractivity contribution in [1.82, 2.24) is 9.78 Å². The minimum atomic E-state index is -0.376. The zero-order valence-electron chi connectivity index (χ0n) is 12.1.